The summed E-state index contributed by atoms with van der Waals surface area (Å²) >= 11 is 0. The van der Waals surface area contributed by atoms with Crippen LogP contribution in [-0.4, -0.2) is 23.4 Å². The quantitative estimate of drug-likeness (QED) is 0.728. The molecule has 0 aromatic heterocycles. The SMILES string of the molecule is Cc1ccc([C@H](C)O)c(OCCCCO)c1. The van der Waals surface area contributed by atoms with Crippen molar-refractivity contribution in [3.63, 3.8) is 0 Å². The highest BCUT2D eigenvalue weighted by molar-refractivity contribution is 5.38. The summed E-state index contributed by atoms with van der Waals surface area (Å²) in [5.41, 5.74) is 1.93. The van der Waals surface area contributed by atoms with E-state index in [1.165, 1.54) is 0 Å². The van der Waals surface area contributed by atoms with Crippen molar-refractivity contribution in [2.24, 2.45) is 0 Å². The van der Waals surface area contributed by atoms with Crippen molar-refractivity contribution in [2.75, 3.05) is 13.2 Å². The van der Waals surface area contributed by atoms with Crippen LogP contribution in [0.5, 0.6) is 5.75 Å². The van der Waals surface area contributed by atoms with Gasteiger partial charge in [0.2, 0.25) is 0 Å². The number of hydrogen-bond donors (Lipinski definition) is 2. The summed E-state index contributed by atoms with van der Waals surface area (Å²) < 4.78 is 5.61. The Morgan fingerprint density at radius 3 is 2.69 bits per heavy atom. The van der Waals surface area contributed by atoms with Crippen LogP contribution < -0.4 is 4.74 Å². The van der Waals surface area contributed by atoms with Crippen LogP contribution in [0.15, 0.2) is 18.2 Å². The van der Waals surface area contributed by atoms with Crippen molar-refractivity contribution < 1.29 is 14.9 Å². The van der Waals surface area contributed by atoms with Gasteiger partial charge in [-0.05, 0) is 38.3 Å². The molecule has 16 heavy (non-hydrogen) atoms. The van der Waals surface area contributed by atoms with Crippen molar-refractivity contribution in [3.8, 4) is 5.75 Å². The van der Waals surface area contributed by atoms with Gasteiger partial charge in [-0.2, -0.15) is 0 Å². The molecule has 0 radical (unpaired) electrons. The smallest absolute Gasteiger partial charge is 0.125 e. The maximum atomic E-state index is 9.58. The highest BCUT2D eigenvalue weighted by Crippen LogP contribution is 2.26. The van der Waals surface area contributed by atoms with Gasteiger partial charge in [-0.3, -0.25) is 0 Å². The lowest BCUT2D eigenvalue weighted by Gasteiger charge is -2.14. The summed E-state index contributed by atoms with van der Waals surface area (Å²) in [7, 11) is 0. The lowest BCUT2D eigenvalue weighted by molar-refractivity contribution is 0.189. The van der Waals surface area contributed by atoms with Gasteiger partial charge in [-0.1, -0.05) is 12.1 Å². The van der Waals surface area contributed by atoms with E-state index < -0.39 is 6.10 Å². The second-order valence-corrected chi connectivity index (χ2v) is 4.00. The zero-order valence-electron chi connectivity index (χ0n) is 9.94. The molecule has 0 saturated heterocycles. The van der Waals surface area contributed by atoms with Gasteiger partial charge in [-0.25, -0.2) is 0 Å². The molecule has 0 unspecified atom stereocenters. The van der Waals surface area contributed by atoms with E-state index in [-0.39, 0.29) is 6.61 Å². The van der Waals surface area contributed by atoms with E-state index in [1.807, 2.05) is 25.1 Å². The molecule has 0 spiro atoms. The molecule has 0 bridgehead atoms. The highest BCUT2D eigenvalue weighted by Gasteiger charge is 2.08. The standard InChI is InChI=1S/C13H20O3/c1-10-5-6-12(11(2)15)13(9-10)16-8-4-3-7-14/h5-6,9,11,14-15H,3-4,7-8H2,1-2H3/t11-/m0/s1. The molecular weight excluding hydrogens is 204 g/mol. The first-order valence-electron chi connectivity index (χ1n) is 5.67. The average Bonchev–Trinajstić information content (AvgIpc) is 2.24. The summed E-state index contributed by atoms with van der Waals surface area (Å²) in [5, 5.41) is 18.2. The Hall–Kier alpha value is -1.06. The first-order valence-corrected chi connectivity index (χ1v) is 5.67. The predicted octanol–water partition coefficient (Wildman–Crippen LogP) is 2.20. The first kappa shape index (κ1) is 13.0. The molecule has 1 atom stereocenters. The van der Waals surface area contributed by atoms with E-state index in [0.29, 0.717) is 6.61 Å². The van der Waals surface area contributed by atoms with Crippen molar-refractivity contribution in [1.82, 2.24) is 0 Å². The van der Waals surface area contributed by atoms with E-state index in [9.17, 15) is 5.11 Å². The summed E-state index contributed by atoms with van der Waals surface area (Å²) in [6.07, 6.45) is 1.05. The van der Waals surface area contributed by atoms with Crippen LogP contribution in [0.2, 0.25) is 0 Å². The lowest BCUT2D eigenvalue weighted by Crippen LogP contribution is -2.03. The molecule has 0 amide bonds. The molecular formula is C13H20O3. The van der Waals surface area contributed by atoms with Gasteiger partial charge in [-0.15, -0.1) is 0 Å². The number of aryl methyl sites for hydroxylation is 1. The average molecular weight is 224 g/mol. The zero-order valence-corrected chi connectivity index (χ0v) is 9.94. The fourth-order valence-electron chi connectivity index (χ4n) is 1.51. The van der Waals surface area contributed by atoms with E-state index in [2.05, 4.69) is 0 Å². The Morgan fingerprint density at radius 2 is 2.06 bits per heavy atom. The topological polar surface area (TPSA) is 49.7 Å². The molecule has 0 aliphatic carbocycles. The molecule has 1 aromatic rings. The fourth-order valence-corrected chi connectivity index (χ4v) is 1.51. The number of hydrogen-bond acceptors (Lipinski definition) is 3. The van der Waals surface area contributed by atoms with Gasteiger partial charge in [0.25, 0.3) is 0 Å². The number of rotatable bonds is 6. The second-order valence-electron chi connectivity index (χ2n) is 4.00. The van der Waals surface area contributed by atoms with Crippen LogP contribution in [0.1, 0.15) is 37.0 Å². The van der Waals surface area contributed by atoms with Crippen LogP contribution >= 0.6 is 0 Å². The molecule has 3 nitrogen and oxygen atoms in total. The van der Waals surface area contributed by atoms with Crippen LogP contribution in [-0.2, 0) is 0 Å². The van der Waals surface area contributed by atoms with Crippen LogP contribution in [0.4, 0.5) is 0 Å². The molecule has 1 rings (SSSR count). The monoisotopic (exact) mass is 224 g/mol. The lowest BCUT2D eigenvalue weighted by atomic mass is 10.1. The van der Waals surface area contributed by atoms with Crippen molar-refractivity contribution in [1.29, 1.82) is 0 Å². The third kappa shape index (κ3) is 3.83. The number of unbranched alkanes of at least 4 members (excludes halogenated alkanes) is 1. The number of aliphatic hydroxyl groups excluding tert-OH is 2. The zero-order chi connectivity index (χ0) is 12.0. The minimum absolute atomic E-state index is 0.195. The number of benzene rings is 1. The third-order valence-electron chi connectivity index (χ3n) is 2.43. The van der Waals surface area contributed by atoms with Crippen molar-refractivity contribution >= 4 is 0 Å². The molecule has 3 heteroatoms. The molecule has 0 heterocycles. The first-order chi connectivity index (χ1) is 7.65. The van der Waals surface area contributed by atoms with Crippen LogP contribution in [0, 0.1) is 6.92 Å². The maximum absolute atomic E-state index is 9.58. The summed E-state index contributed by atoms with van der Waals surface area (Å²) in [4.78, 5) is 0. The second kappa shape index (κ2) is 6.51. The van der Waals surface area contributed by atoms with E-state index in [0.717, 1.165) is 29.7 Å². The highest BCUT2D eigenvalue weighted by atomic mass is 16.5. The molecule has 0 aliphatic rings. The molecule has 0 aliphatic heterocycles. The molecule has 0 saturated carbocycles. The number of aliphatic hydroxyl groups is 2. The normalized spacial score (nSPS) is 12.5. The fraction of sp³-hybridized carbons (Fsp3) is 0.538. The Kier molecular flexibility index (Phi) is 5.29. The Balaban J connectivity index is 2.65. The summed E-state index contributed by atoms with van der Waals surface area (Å²) in [6.45, 7) is 4.49. The third-order valence-corrected chi connectivity index (χ3v) is 2.43. The van der Waals surface area contributed by atoms with Crippen LogP contribution in [0.3, 0.4) is 0 Å². The molecule has 1 aromatic carbocycles. The van der Waals surface area contributed by atoms with Gasteiger partial charge in [0.05, 0.1) is 12.7 Å². The molecule has 2 N–H and O–H groups in total. The summed E-state index contributed by atoms with van der Waals surface area (Å²) in [5.74, 6) is 0.743. The van der Waals surface area contributed by atoms with Gasteiger partial charge < -0.3 is 14.9 Å². The van der Waals surface area contributed by atoms with E-state index in [1.54, 1.807) is 6.92 Å². The molecule has 0 fully saturated rings. The van der Waals surface area contributed by atoms with E-state index >= 15 is 0 Å². The summed E-state index contributed by atoms with van der Waals surface area (Å²) in [6, 6.07) is 5.78. The largest absolute Gasteiger partial charge is 0.493 e. The van der Waals surface area contributed by atoms with Crippen molar-refractivity contribution in [3.05, 3.63) is 29.3 Å². The van der Waals surface area contributed by atoms with Gasteiger partial charge in [0, 0.05) is 12.2 Å². The van der Waals surface area contributed by atoms with Gasteiger partial charge >= 0.3 is 0 Å². The Bertz CT molecular complexity index is 321. The van der Waals surface area contributed by atoms with E-state index in [4.69, 9.17) is 9.84 Å². The minimum Gasteiger partial charge on any atom is -0.493 e. The minimum atomic E-state index is -0.520. The van der Waals surface area contributed by atoms with Gasteiger partial charge in [0.15, 0.2) is 0 Å². The predicted molar refractivity (Wildman–Crippen MR) is 63.6 cm³/mol. The Labute approximate surface area is 96.7 Å². The Morgan fingerprint density at radius 1 is 1.31 bits per heavy atom. The molecule has 90 valence electrons. The van der Waals surface area contributed by atoms with Crippen molar-refractivity contribution in [2.45, 2.75) is 32.8 Å². The maximum Gasteiger partial charge on any atom is 0.125 e. The van der Waals surface area contributed by atoms with Gasteiger partial charge in [0.1, 0.15) is 5.75 Å². The number of ether oxygens (including phenoxy) is 1. The van der Waals surface area contributed by atoms with Crippen LogP contribution in [0.25, 0.3) is 0 Å².